The number of sulfone groups is 1. The number of hydrogen-bond donors (Lipinski definition) is 0. The number of carbonyl (C=O) groups excluding carboxylic acids is 1. The standard InChI is InChI=1S/C15H18FN3O3S/c1-3-18(11-5-7-23(21,22)9-11)15(20)13-14(16)19-6-4-10(2)8-12(19)17-13/h4,6,8,11H,3,5,7,9H2,1-2H3. The summed E-state index contributed by atoms with van der Waals surface area (Å²) < 4.78 is 39.0. The summed E-state index contributed by atoms with van der Waals surface area (Å²) in [5.41, 5.74) is 1.01. The van der Waals surface area contributed by atoms with Crippen LogP contribution in [0, 0.1) is 12.9 Å². The van der Waals surface area contributed by atoms with Crippen molar-refractivity contribution in [1.82, 2.24) is 14.3 Å². The topological polar surface area (TPSA) is 71.8 Å². The molecule has 3 heterocycles. The molecule has 23 heavy (non-hydrogen) atoms. The Bertz CT molecular complexity index is 875. The van der Waals surface area contributed by atoms with Crippen LogP contribution in [0.15, 0.2) is 18.3 Å². The van der Waals surface area contributed by atoms with E-state index in [0.29, 0.717) is 18.6 Å². The first-order valence-corrected chi connectivity index (χ1v) is 9.30. The molecule has 0 bridgehead atoms. The molecule has 0 aliphatic carbocycles. The van der Waals surface area contributed by atoms with Crippen LogP contribution < -0.4 is 0 Å². The van der Waals surface area contributed by atoms with E-state index in [1.165, 1.54) is 15.5 Å². The highest BCUT2D eigenvalue weighted by Crippen LogP contribution is 2.21. The zero-order valence-corrected chi connectivity index (χ0v) is 13.8. The third-order valence-corrected chi connectivity index (χ3v) is 5.93. The summed E-state index contributed by atoms with van der Waals surface area (Å²) in [6, 6.07) is 3.01. The van der Waals surface area contributed by atoms with Crippen LogP contribution >= 0.6 is 0 Å². The van der Waals surface area contributed by atoms with Crippen molar-refractivity contribution >= 4 is 21.4 Å². The molecule has 1 aliphatic rings. The minimum absolute atomic E-state index is 0.0638. The maximum Gasteiger partial charge on any atom is 0.277 e. The summed E-state index contributed by atoms with van der Waals surface area (Å²) in [5, 5.41) is 0. The molecule has 0 saturated carbocycles. The third-order valence-electron chi connectivity index (χ3n) is 4.18. The van der Waals surface area contributed by atoms with Crippen molar-refractivity contribution in [2.75, 3.05) is 18.1 Å². The largest absolute Gasteiger partial charge is 0.333 e. The van der Waals surface area contributed by atoms with Gasteiger partial charge in [0.05, 0.1) is 11.5 Å². The van der Waals surface area contributed by atoms with Gasteiger partial charge in [0.1, 0.15) is 5.65 Å². The number of amides is 1. The van der Waals surface area contributed by atoms with Crippen LogP contribution in [-0.4, -0.2) is 52.7 Å². The monoisotopic (exact) mass is 339 g/mol. The van der Waals surface area contributed by atoms with Crippen molar-refractivity contribution in [1.29, 1.82) is 0 Å². The highest BCUT2D eigenvalue weighted by Gasteiger charge is 2.36. The van der Waals surface area contributed by atoms with E-state index >= 15 is 0 Å². The molecule has 1 amide bonds. The molecule has 1 saturated heterocycles. The van der Waals surface area contributed by atoms with E-state index in [4.69, 9.17) is 0 Å². The second-order valence-corrected chi connectivity index (χ2v) is 8.06. The van der Waals surface area contributed by atoms with Crippen LogP contribution in [0.1, 0.15) is 29.4 Å². The zero-order chi connectivity index (χ0) is 16.8. The highest BCUT2D eigenvalue weighted by molar-refractivity contribution is 7.91. The molecule has 1 aliphatic heterocycles. The predicted octanol–water partition coefficient (Wildman–Crippen LogP) is 1.43. The van der Waals surface area contributed by atoms with Crippen LogP contribution in [-0.2, 0) is 9.84 Å². The molecule has 0 N–H and O–H groups in total. The number of pyridine rings is 1. The van der Waals surface area contributed by atoms with Crippen LogP contribution in [0.5, 0.6) is 0 Å². The molecule has 1 fully saturated rings. The fourth-order valence-corrected chi connectivity index (χ4v) is 4.71. The molecular formula is C15H18FN3O3S. The van der Waals surface area contributed by atoms with E-state index in [1.807, 2.05) is 6.92 Å². The average Bonchev–Trinajstić information content (AvgIpc) is 3.00. The van der Waals surface area contributed by atoms with Crippen molar-refractivity contribution in [2.45, 2.75) is 26.3 Å². The van der Waals surface area contributed by atoms with Crippen molar-refractivity contribution in [3.8, 4) is 0 Å². The van der Waals surface area contributed by atoms with Gasteiger partial charge in [0.2, 0.25) is 5.95 Å². The molecule has 0 aromatic carbocycles. The molecule has 0 radical (unpaired) electrons. The van der Waals surface area contributed by atoms with Gasteiger partial charge in [-0.2, -0.15) is 4.39 Å². The Morgan fingerprint density at radius 1 is 1.52 bits per heavy atom. The number of aryl methyl sites for hydroxylation is 1. The zero-order valence-electron chi connectivity index (χ0n) is 13.0. The average molecular weight is 339 g/mol. The molecular weight excluding hydrogens is 321 g/mol. The van der Waals surface area contributed by atoms with Crippen LogP contribution in [0.3, 0.4) is 0 Å². The molecule has 0 spiro atoms. The summed E-state index contributed by atoms with van der Waals surface area (Å²) in [5.74, 6) is -1.28. The summed E-state index contributed by atoms with van der Waals surface area (Å²) in [4.78, 5) is 18.2. The molecule has 1 unspecified atom stereocenters. The molecule has 8 heteroatoms. The van der Waals surface area contributed by atoms with Gasteiger partial charge in [-0.15, -0.1) is 0 Å². The van der Waals surface area contributed by atoms with Crippen LogP contribution in [0.25, 0.3) is 5.65 Å². The van der Waals surface area contributed by atoms with Crippen molar-refractivity contribution in [3.05, 3.63) is 35.5 Å². The number of carbonyl (C=O) groups is 1. The third kappa shape index (κ3) is 2.83. The first-order valence-electron chi connectivity index (χ1n) is 7.48. The number of rotatable bonds is 3. The van der Waals surface area contributed by atoms with E-state index in [9.17, 15) is 17.6 Å². The van der Waals surface area contributed by atoms with Crippen LogP contribution in [0.2, 0.25) is 0 Å². The SMILES string of the molecule is CCN(C(=O)c1nc2cc(C)ccn2c1F)C1CCS(=O)(=O)C1. The number of fused-ring (bicyclic) bond motifs is 1. The maximum atomic E-state index is 14.5. The van der Waals surface area contributed by atoms with Gasteiger partial charge in [0, 0.05) is 18.8 Å². The summed E-state index contributed by atoms with van der Waals surface area (Å²) >= 11 is 0. The van der Waals surface area contributed by atoms with Gasteiger partial charge >= 0.3 is 0 Å². The molecule has 124 valence electrons. The van der Waals surface area contributed by atoms with E-state index in [-0.39, 0.29) is 17.2 Å². The minimum Gasteiger partial charge on any atom is -0.333 e. The lowest BCUT2D eigenvalue weighted by Gasteiger charge is -2.25. The summed E-state index contributed by atoms with van der Waals surface area (Å²) in [7, 11) is -3.12. The smallest absolute Gasteiger partial charge is 0.277 e. The first-order chi connectivity index (χ1) is 10.8. The number of hydrogen-bond acceptors (Lipinski definition) is 4. The number of imidazole rings is 1. The van der Waals surface area contributed by atoms with E-state index in [1.54, 1.807) is 19.1 Å². The Kier molecular flexibility index (Phi) is 3.87. The van der Waals surface area contributed by atoms with Crippen molar-refractivity contribution < 1.29 is 17.6 Å². The fraction of sp³-hybridized carbons (Fsp3) is 0.467. The van der Waals surface area contributed by atoms with Gasteiger partial charge in [-0.1, -0.05) is 0 Å². The Labute approximate surface area is 133 Å². The quantitative estimate of drug-likeness (QED) is 0.848. The van der Waals surface area contributed by atoms with Crippen molar-refractivity contribution in [3.63, 3.8) is 0 Å². The molecule has 1 atom stereocenters. The van der Waals surface area contributed by atoms with E-state index < -0.39 is 27.7 Å². The lowest BCUT2D eigenvalue weighted by atomic mass is 10.2. The summed E-state index contributed by atoms with van der Waals surface area (Å²) in [6.07, 6.45) is 1.91. The minimum atomic E-state index is -3.12. The maximum absolute atomic E-state index is 14.5. The number of halogens is 1. The molecule has 6 nitrogen and oxygen atoms in total. The van der Waals surface area contributed by atoms with Crippen molar-refractivity contribution in [2.24, 2.45) is 0 Å². The van der Waals surface area contributed by atoms with Crippen LogP contribution in [0.4, 0.5) is 4.39 Å². The van der Waals surface area contributed by atoms with E-state index in [2.05, 4.69) is 4.98 Å². The molecule has 2 aromatic rings. The number of nitrogens with zero attached hydrogens (tertiary/aromatic N) is 3. The van der Waals surface area contributed by atoms with E-state index in [0.717, 1.165) is 5.56 Å². The van der Waals surface area contributed by atoms with Gasteiger partial charge in [0.25, 0.3) is 5.91 Å². The Morgan fingerprint density at radius 3 is 2.87 bits per heavy atom. The molecule has 3 rings (SSSR count). The lowest BCUT2D eigenvalue weighted by Crippen LogP contribution is -2.41. The van der Waals surface area contributed by atoms with Gasteiger partial charge in [-0.05, 0) is 38.0 Å². The predicted molar refractivity (Wildman–Crippen MR) is 83.7 cm³/mol. The highest BCUT2D eigenvalue weighted by atomic mass is 32.2. The fourth-order valence-electron chi connectivity index (χ4n) is 2.98. The Balaban J connectivity index is 1.97. The Hall–Kier alpha value is -1.96. The Morgan fingerprint density at radius 2 is 2.26 bits per heavy atom. The van der Waals surface area contributed by atoms with Gasteiger partial charge < -0.3 is 4.90 Å². The van der Waals surface area contributed by atoms with Gasteiger partial charge in [0.15, 0.2) is 15.5 Å². The first kappa shape index (κ1) is 15.9. The van der Waals surface area contributed by atoms with Gasteiger partial charge in [-0.25, -0.2) is 13.4 Å². The van der Waals surface area contributed by atoms with Gasteiger partial charge in [-0.3, -0.25) is 9.20 Å². The number of aromatic nitrogens is 2. The normalized spacial score (nSPS) is 20.0. The summed E-state index contributed by atoms with van der Waals surface area (Å²) in [6.45, 7) is 3.92. The lowest BCUT2D eigenvalue weighted by molar-refractivity contribution is 0.0697. The second kappa shape index (κ2) is 5.59. The molecule has 2 aromatic heterocycles. The second-order valence-electron chi connectivity index (χ2n) is 5.83.